The first-order valence-corrected chi connectivity index (χ1v) is 5.52. The predicted octanol–water partition coefficient (Wildman–Crippen LogP) is 1.50. The average molecular weight is 221 g/mol. The van der Waals surface area contributed by atoms with Gasteiger partial charge < -0.3 is 0 Å². The molecule has 1 nitrogen and oxygen atoms in total. The molecule has 0 aliphatic heterocycles. The first-order valence-electron chi connectivity index (χ1n) is 3.08. The van der Waals surface area contributed by atoms with Crippen molar-refractivity contribution < 1.29 is 0 Å². The monoisotopic (exact) mass is 221 g/mol. The quantitative estimate of drug-likeness (QED) is 0.544. The second kappa shape index (κ2) is 3.97. The van der Waals surface area contributed by atoms with Gasteiger partial charge in [-0.2, -0.15) is 0 Å². The summed E-state index contributed by atoms with van der Waals surface area (Å²) in [7, 11) is 0. The molecule has 1 heterocycles. The van der Waals surface area contributed by atoms with Crippen LogP contribution in [0.15, 0.2) is 18.3 Å². The topological polar surface area (TPSA) is 12.9 Å². The Morgan fingerprint density at radius 2 is 2.50 bits per heavy atom. The molecule has 0 saturated carbocycles. The van der Waals surface area contributed by atoms with Gasteiger partial charge in [-0.15, -0.1) is 0 Å². The fraction of sp³-hybridized carbons (Fsp3) is 0.286. The van der Waals surface area contributed by atoms with E-state index in [-0.39, 0.29) is 0 Å². The van der Waals surface area contributed by atoms with Crippen LogP contribution in [0.5, 0.6) is 0 Å². The van der Waals surface area contributed by atoms with Gasteiger partial charge in [-0.05, 0) is 0 Å². The van der Waals surface area contributed by atoms with Crippen molar-refractivity contribution in [3.63, 3.8) is 0 Å². The van der Waals surface area contributed by atoms with Crippen molar-refractivity contribution in [2.75, 3.05) is 0 Å². The van der Waals surface area contributed by atoms with Gasteiger partial charge >= 0.3 is 71.7 Å². The Morgan fingerprint density at radius 1 is 1.70 bits per heavy atom. The number of aromatic nitrogens is 1. The van der Waals surface area contributed by atoms with Crippen LogP contribution in [-0.4, -0.2) is 19.9 Å². The zero-order chi connectivity index (χ0) is 7.40. The minimum absolute atomic E-state index is 0.505. The molecule has 0 bridgehead atoms. The molecular weight excluding hydrogens is 212 g/mol. The Balaban J connectivity index is 2.81. The molecule has 0 atom stereocenters. The molecule has 0 fully saturated rings. The van der Waals surface area contributed by atoms with Crippen molar-refractivity contribution in [3.05, 3.63) is 23.5 Å². The first-order chi connectivity index (χ1) is 4.84. The SMILES string of the molecule is CC[Se]c1cccnc1Cl. The van der Waals surface area contributed by atoms with E-state index >= 15 is 0 Å². The van der Waals surface area contributed by atoms with Gasteiger partial charge in [-0.25, -0.2) is 0 Å². The van der Waals surface area contributed by atoms with Gasteiger partial charge in [-0.3, -0.25) is 0 Å². The summed E-state index contributed by atoms with van der Waals surface area (Å²) in [5.41, 5.74) is 0. The van der Waals surface area contributed by atoms with E-state index in [9.17, 15) is 0 Å². The van der Waals surface area contributed by atoms with E-state index in [1.54, 1.807) is 6.20 Å². The fourth-order valence-corrected chi connectivity index (χ4v) is 2.42. The van der Waals surface area contributed by atoms with Crippen LogP contribution in [-0.2, 0) is 0 Å². The Labute approximate surface area is 72.0 Å². The zero-order valence-corrected chi connectivity index (χ0v) is 8.14. The van der Waals surface area contributed by atoms with Crippen molar-refractivity contribution in [1.29, 1.82) is 0 Å². The molecule has 3 heteroatoms. The maximum absolute atomic E-state index is 5.81. The van der Waals surface area contributed by atoms with Crippen LogP contribution in [0.3, 0.4) is 0 Å². The van der Waals surface area contributed by atoms with E-state index in [0.29, 0.717) is 20.1 Å². The summed E-state index contributed by atoms with van der Waals surface area (Å²) in [5.74, 6) is 0. The molecule has 0 spiro atoms. The molecule has 1 aromatic heterocycles. The zero-order valence-electron chi connectivity index (χ0n) is 5.67. The van der Waals surface area contributed by atoms with Gasteiger partial charge in [-0.1, -0.05) is 0 Å². The molecule has 0 radical (unpaired) electrons. The normalized spacial score (nSPS) is 9.80. The van der Waals surface area contributed by atoms with Crippen molar-refractivity contribution >= 4 is 31.0 Å². The molecule has 0 aliphatic rings. The molecular formula is C7H8ClNSe. The third-order valence-electron chi connectivity index (χ3n) is 1.02. The van der Waals surface area contributed by atoms with Crippen molar-refractivity contribution in [1.82, 2.24) is 4.98 Å². The Morgan fingerprint density at radius 3 is 3.10 bits per heavy atom. The first kappa shape index (κ1) is 8.06. The standard InChI is InChI=1S/C7H8ClNSe/c1-2-10-6-4-3-5-9-7(6)8/h3-5H,2H2,1H3. The summed E-state index contributed by atoms with van der Waals surface area (Å²) in [4.78, 5) is 3.98. The van der Waals surface area contributed by atoms with Crippen LogP contribution in [0, 0.1) is 0 Å². The number of halogens is 1. The van der Waals surface area contributed by atoms with Crippen LogP contribution in [0.2, 0.25) is 10.5 Å². The van der Waals surface area contributed by atoms with Crippen molar-refractivity contribution in [3.8, 4) is 0 Å². The summed E-state index contributed by atoms with van der Waals surface area (Å²) < 4.78 is 1.21. The number of pyridine rings is 1. The summed E-state index contributed by atoms with van der Waals surface area (Å²) in [5, 5.41) is 1.85. The maximum atomic E-state index is 5.81. The second-order valence-corrected chi connectivity index (χ2v) is 4.82. The molecule has 1 rings (SSSR count). The molecule has 0 saturated heterocycles. The predicted molar refractivity (Wildman–Crippen MR) is 45.1 cm³/mol. The van der Waals surface area contributed by atoms with E-state index in [2.05, 4.69) is 11.9 Å². The second-order valence-electron chi connectivity index (χ2n) is 1.73. The van der Waals surface area contributed by atoms with E-state index in [1.165, 1.54) is 9.78 Å². The van der Waals surface area contributed by atoms with E-state index in [0.717, 1.165) is 0 Å². The molecule has 10 heavy (non-hydrogen) atoms. The summed E-state index contributed by atoms with van der Waals surface area (Å²) in [6.45, 7) is 2.16. The number of nitrogens with zero attached hydrogens (tertiary/aromatic N) is 1. The van der Waals surface area contributed by atoms with Crippen LogP contribution < -0.4 is 4.46 Å². The third kappa shape index (κ3) is 1.98. The molecule has 0 aliphatic carbocycles. The average Bonchev–Trinajstić information content (AvgIpc) is 1.94. The molecule has 0 amide bonds. The minimum atomic E-state index is 0.505. The van der Waals surface area contributed by atoms with Crippen molar-refractivity contribution in [2.45, 2.75) is 12.2 Å². The Bertz CT molecular complexity index is 215. The van der Waals surface area contributed by atoms with Crippen LogP contribution in [0.4, 0.5) is 0 Å². The van der Waals surface area contributed by atoms with Gasteiger partial charge in [0.2, 0.25) is 0 Å². The van der Waals surface area contributed by atoms with E-state index in [4.69, 9.17) is 11.6 Å². The Kier molecular flexibility index (Phi) is 3.20. The van der Waals surface area contributed by atoms with Gasteiger partial charge in [0.1, 0.15) is 0 Å². The van der Waals surface area contributed by atoms with Gasteiger partial charge in [0.05, 0.1) is 0 Å². The number of hydrogen-bond donors (Lipinski definition) is 0. The summed E-state index contributed by atoms with van der Waals surface area (Å²) in [6.07, 6.45) is 1.72. The van der Waals surface area contributed by atoms with E-state index < -0.39 is 0 Å². The van der Waals surface area contributed by atoms with Gasteiger partial charge in [0.25, 0.3) is 0 Å². The van der Waals surface area contributed by atoms with E-state index in [1.807, 2.05) is 12.1 Å². The van der Waals surface area contributed by atoms with Crippen LogP contribution in [0.25, 0.3) is 0 Å². The van der Waals surface area contributed by atoms with Gasteiger partial charge in [0, 0.05) is 0 Å². The van der Waals surface area contributed by atoms with Crippen molar-refractivity contribution in [2.24, 2.45) is 0 Å². The molecule has 0 unspecified atom stereocenters. The van der Waals surface area contributed by atoms with Gasteiger partial charge in [0.15, 0.2) is 0 Å². The summed E-state index contributed by atoms with van der Waals surface area (Å²) in [6, 6.07) is 3.97. The van der Waals surface area contributed by atoms with Crippen LogP contribution >= 0.6 is 11.6 Å². The third-order valence-corrected chi connectivity index (χ3v) is 3.53. The number of rotatable bonds is 2. The molecule has 1 aromatic rings. The Hall–Kier alpha value is -0.0405. The number of hydrogen-bond acceptors (Lipinski definition) is 1. The molecule has 0 N–H and O–H groups in total. The van der Waals surface area contributed by atoms with Crippen LogP contribution in [0.1, 0.15) is 6.92 Å². The fourth-order valence-electron chi connectivity index (χ4n) is 0.634. The summed E-state index contributed by atoms with van der Waals surface area (Å²) >= 11 is 6.31. The molecule has 0 aromatic carbocycles. The molecule has 54 valence electrons.